The Balaban J connectivity index is 2.71. The molecule has 0 spiro atoms. The van der Waals surface area contributed by atoms with Crippen LogP contribution in [0.1, 0.15) is 5.56 Å². The summed E-state index contributed by atoms with van der Waals surface area (Å²) in [5, 5.41) is 1.88. The molecule has 1 aromatic rings. The standard InChI is InChI=1S/C6H7BrClNO2S2/c1-9(13(8,10)11)3-5-2-6(7)12-4-5/h2,4H,3H2,1H3. The lowest BCUT2D eigenvalue weighted by molar-refractivity contribution is 0.481. The molecular formula is C6H7BrClNO2S2. The van der Waals surface area contributed by atoms with Gasteiger partial charge in [0.2, 0.25) is 0 Å². The summed E-state index contributed by atoms with van der Waals surface area (Å²) in [6.07, 6.45) is 0. The Morgan fingerprint density at radius 2 is 2.31 bits per heavy atom. The van der Waals surface area contributed by atoms with Crippen LogP contribution in [0.2, 0.25) is 0 Å². The van der Waals surface area contributed by atoms with Crippen LogP contribution < -0.4 is 0 Å². The molecule has 0 aliphatic rings. The number of nitrogens with zero attached hydrogens (tertiary/aromatic N) is 1. The minimum absolute atomic E-state index is 0.300. The molecule has 0 saturated heterocycles. The highest BCUT2D eigenvalue weighted by Gasteiger charge is 2.14. The first-order chi connectivity index (χ1) is 5.89. The highest BCUT2D eigenvalue weighted by Crippen LogP contribution is 2.22. The third-order valence-electron chi connectivity index (χ3n) is 1.40. The van der Waals surface area contributed by atoms with Gasteiger partial charge in [0.05, 0.1) is 3.79 Å². The van der Waals surface area contributed by atoms with Crippen LogP contribution in [-0.4, -0.2) is 19.8 Å². The smallest absolute Gasteiger partial charge is 0.195 e. The summed E-state index contributed by atoms with van der Waals surface area (Å²) in [5.41, 5.74) is 0.920. The second-order valence-corrected chi connectivity index (χ2v) is 7.37. The molecular weight excluding hydrogens is 298 g/mol. The van der Waals surface area contributed by atoms with E-state index in [1.54, 1.807) is 0 Å². The second kappa shape index (κ2) is 4.27. The molecule has 7 heteroatoms. The Morgan fingerprint density at radius 3 is 2.69 bits per heavy atom. The number of thiophene rings is 1. The highest BCUT2D eigenvalue weighted by atomic mass is 79.9. The van der Waals surface area contributed by atoms with Crippen molar-refractivity contribution in [2.75, 3.05) is 7.05 Å². The van der Waals surface area contributed by atoms with Crippen molar-refractivity contribution in [3.63, 3.8) is 0 Å². The summed E-state index contributed by atoms with van der Waals surface area (Å²) < 4.78 is 23.7. The second-order valence-electron chi connectivity index (χ2n) is 2.46. The van der Waals surface area contributed by atoms with Crippen molar-refractivity contribution >= 4 is 47.2 Å². The monoisotopic (exact) mass is 303 g/mol. The fraction of sp³-hybridized carbons (Fsp3) is 0.333. The normalized spacial score (nSPS) is 12.3. The fourth-order valence-corrected chi connectivity index (χ4v) is 2.41. The highest BCUT2D eigenvalue weighted by molar-refractivity contribution is 9.11. The van der Waals surface area contributed by atoms with E-state index in [1.165, 1.54) is 18.4 Å². The zero-order valence-electron chi connectivity index (χ0n) is 6.70. The summed E-state index contributed by atoms with van der Waals surface area (Å²) in [6, 6.07) is 1.86. The van der Waals surface area contributed by atoms with Gasteiger partial charge >= 0.3 is 0 Å². The molecule has 0 aliphatic heterocycles. The minimum Gasteiger partial charge on any atom is -0.195 e. The predicted molar refractivity (Wildman–Crippen MR) is 58.3 cm³/mol. The van der Waals surface area contributed by atoms with Gasteiger partial charge in [-0.1, -0.05) is 0 Å². The number of hydrogen-bond donors (Lipinski definition) is 0. The first-order valence-electron chi connectivity index (χ1n) is 3.28. The van der Waals surface area contributed by atoms with Crippen LogP contribution in [-0.2, 0) is 15.8 Å². The minimum atomic E-state index is -3.60. The zero-order chi connectivity index (χ0) is 10.1. The maximum Gasteiger partial charge on any atom is 0.299 e. The summed E-state index contributed by atoms with van der Waals surface area (Å²) in [7, 11) is 2.97. The first kappa shape index (κ1) is 11.5. The van der Waals surface area contributed by atoms with Crippen LogP contribution >= 0.6 is 37.9 Å². The van der Waals surface area contributed by atoms with Crippen molar-refractivity contribution in [1.29, 1.82) is 0 Å². The third kappa shape index (κ3) is 3.55. The molecule has 1 heterocycles. The number of halogens is 2. The van der Waals surface area contributed by atoms with Gasteiger partial charge in [0, 0.05) is 24.3 Å². The van der Waals surface area contributed by atoms with Gasteiger partial charge in [-0.3, -0.25) is 0 Å². The van der Waals surface area contributed by atoms with E-state index < -0.39 is 9.24 Å². The van der Waals surface area contributed by atoms with Crippen molar-refractivity contribution in [2.24, 2.45) is 0 Å². The molecule has 0 unspecified atom stereocenters. The average molecular weight is 305 g/mol. The van der Waals surface area contributed by atoms with E-state index in [-0.39, 0.29) is 0 Å². The molecule has 0 aliphatic carbocycles. The van der Waals surface area contributed by atoms with Crippen molar-refractivity contribution < 1.29 is 8.42 Å². The summed E-state index contributed by atoms with van der Waals surface area (Å²) in [4.78, 5) is 0. The quantitative estimate of drug-likeness (QED) is 0.804. The van der Waals surface area contributed by atoms with Gasteiger partial charge in [-0.25, -0.2) is 0 Å². The molecule has 13 heavy (non-hydrogen) atoms. The summed E-state index contributed by atoms with van der Waals surface area (Å²) in [5.74, 6) is 0. The van der Waals surface area contributed by atoms with Gasteiger partial charge in [0.1, 0.15) is 0 Å². The molecule has 0 fully saturated rings. The lowest BCUT2D eigenvalue weighted by Gasteiger charge is -2.09. The van der Waals surface area contributed by atoms with Crippen LogP contribution in [0.25, 0.3) is 0 Å². The summed E-state index contributed by atoms with van der Waals surface area (Å²) >= 11 is 4.80. The Hall–Kier alpha value is 0.380. The van der Waals surface area contributed by atoms with Crippen LogP contribution in [0.4, 0.5) is 0 Å². The van der Waals surface area contributed by atoms with Crippen LogP contribution in [0.15, 0.2) is 15.2 Å². The molecule has 0 saturated carbocycles. The Labute approximate surface area is 94.0 Å². The Morgan fingerprint density at radius 1 is 1.69 bits per heavy atom. The van der Waals surface area contributed by atoms with E-state index in [0.717, 1.165) is 13.7 Å². The molecule has 0 N–H and O–H groups in total. The molecule has 0 bridgehead atoms. The Kier molecular flexibility index (Phi) is 3.76. The van der Waals surface area contributed by atoms with Gasteiger partial charge in [0.25, 0.3) is 9.24 Å². The largest absolute Gasteiger partial charge is 0.299 e. The third-order valence-corrected chi connectivity index (χ3v) is 4.53. The predicted octanol–water partition coefficient (Wildman–Crippen LogP) is 2.43. The fourth-order valence-electron chi connectivity index (χ4n) is 0.763. The number of hydrogen-bond acceptors (Lipinski definition) is 3. The zero-order valence-corrected chi connectivity index (χ0v) is 10.7. The number of rotatable bonds is 3. The molecule has 74 valence electrons. The van der Waals surface area contributed by atoms with E-state index >= 15 is 0 Å². The first-order valence-corrected chi connectivity index (χ1v) is 7.22. The van der Waals surface area contributed by atoms with E-state index in [1.807, 2.05) is 11.4 Å². The molecule has 3 nitrogen and oxygen atoms in total. The van der Waals surface area contributed by atoms with Gasteiger partial charge in [-0.15, -0.1) is 11.3 Å². The van der Waals surface area contributed by atoms with Crippen molar-refractivity contribution in [2.45, 2.75) is 6.54 Å². The topological polar surface area (TPSA) is 37.4 Å². The van der Waals surface area contributed by atoms with Crippen molar-refractivity contribution in [1.82, 2.24) is 4.31 Å². The summed E-state index contributed by atoms with van der Waals surface area (Å²) in [6.45, 7) is 0.300. The maximum absolute atomic E-state index is 10.8. The van der Waals surface area contributed by atoms with Crippen molar-refractivity contribution in [3.05, 3.63) is 20.8 Å². The van der Waals surface area contributed by atoms with Crippen LogP contribution in [0.5, 0.6) is 0 Å². The molecule has 0 amide bonds. The van der Waals surface area contributed by atoms with Crippen LogP contribution in [0.3, 0.4) is 0 Å². The Bertz CT molecular complexity index is 389. The van der Waals surface area contributed by atoms with Gasteiger partial charge in [-0.05, 0) is 32.9 Å². The maximum atomic E-state index is 10.8. The van der Waals surface area contributed by atoms with Crippen LogP contribution in [0, 0.1) is 0 Å². The van der Waals surface area contributed by atoms with Gasteiger partial charge in [0.15, 0.2) is 0 Å². The molecule has 1 rings (SSSR count). The van der Waals surface area contributed by atoms with Crippen molar-refractivity contribution in [3.8, 4) is 0 Å². The average Bonchev–Trinajstić information content (AvgIpc) is 2.33. The van der Waals surface area contributed by atoms with Gasteiger partial charge < -0.3 is 0 Å². The lowest BCUT2D eigenvalue weighted by atomic mass is 10.3. The van der Waals surface area contributed by atoms with E-state index in [0.29, 0.717) is 6.54 Å². The van der Waals surface area contributed by atoms with E-state index in [2.05, 4.69) is 15.9 Å². The van der Waals surface area contributed by atoms with Gasteiger partial charge in [-0.2, -0.15) is 12.7 Å². The SMILES string of the molecule is CN(Cc1csc(Br)c1)S(=O)(=O)Cl. The molecule has 0 radical (unpaired) electrons. The molecule has 0 aromatic carbocycles. The molecule has 0 atom stereocenters. The van der Waals surface area contributed by atoms with E-state index in [9.17, 15) is 8.42 Å². The van der Waals surface area contributed by atoms with E-state index in [4.69, 9.17) is 10.7 Å². The molecule has 1 aromatic heterocycles. The lowest BCUT2D eigenvalue weighted by Crippen LogP contribution is -2.21.